The molecule has 0 spiro atoms. The molecule has 0 aliphatic rings. The highest BCUT2D eigenvalue weighted by Gasteiger charge is 2.14. The predicted molar refractivity (Wildman–Crippen MR) is 46.4 cm³/mol. The smallest absolute Gasteiger partial charge is 0.274 e. The van der Waals surface area contributed by atoms with Crippen molar-refractivity contribution in [2.45, 2.75) is 13.8 Å². The lowest BCUT2D eigenvalue weighted by molar-refractivity contribution is 0.0930. The maximum Gasteiger partial charge on any atom is 0.343 e. The molecular formula is C7H7ClN2O3. The van der Waals surface area contributed by atoms with Crippen LogP contribution in [0.2, 0.25) is 0 Å². The Balaban J connectivity index is 3.49. The van der Waals surface area contributed by atoms with Gasteiger partial charge in [-0.15, -0.1) is 0 Å². The van der Waals surface area contributed by atoms with Crippen molar-refractivity contribution in [3.05, 3.63) is 22.4 Å². The summed E-state index contributed by atoms with van der Waals surface area (Å²) in [6.45, 7) is 2.77. The van der Waals surface area contributed by atoms with Crippen LogP contribution in [0.5, 0.6) is 0 Å². The first kappa shape index (κ1) is 9.73. The van der Waals surface area contributed by atoms with Gasteiger partial charge in [-0.2, -0.15) is 0 Å². The van der Waals surface area contributed by atoms with Crippen LogP contribution in [0.25, 0.3) is 0 Å². The van der Waals surface area contributed by atoms with Gasteiger partial charge in [-0.3, -0.25) is 9.59 Å². The molecule has 0 N–H and O–H groups in total. The van der Waals surface area contributed by atoms with Crippen molar-refractivity contribution in [1.82, 2.24) is 9.13 Å². The van der Waals surface area contributed by atoms with Crippen LogP contribution in [0.15, 0.2) is 11.0 Å². The molecule has 0 fully saturated rings. The van der Waals surface area contributed by atoms with Gasteiger partial charge < -0.3 is 0 Å². The zero-order chi connectivity index (χ0) is 10.2. The third-order valence-electron chi connectivity index (χ3n) is 1.57. The van der Waals surface area contributed by atoms with E-state index < -0.39 is 17.0 Å². The van der Waals surface area contributed by atoms with E-state index in [0.717, 1.165) is 4.57 Å². The molecule has 1 rings (SSSR count). The highest BCUT2D eigenvalue weighted by molar-refractivity contribution is 6.63. The van der Waals surface area contributed by atoms with E-state index in [1.165, 1.54) is 13.1 Å². The molecule has 0 saturated heterocycles. The zero-order valence-corrected chi connectivity index (χ0v) is 7.83. The summed E-state index contributed by atoms with van der Waals surface area (Å²) in [5.74, 6) is -0.445. The molecule has 1 aromatic heterocycles. The van der Waals surface area contributed by atoms with Gasteiger partial charge in [-0.05, 0) is 18.5 Å². The first-order valence-corrected chi connectivity index (χ1v) is 3.84. The molecule has 0 unspecified atom stereocenters. The summed E-state index contributed by atoms with van der Waals surface area (Å²) in [7, 11) is 0. The van der Waals surface area contributed by atoms with Crippen molar-refractivity contribution in [3.8, 4) is 0 Å². The van der Waals surface area contributed by atoms with Crippen LogP contribution in [0.3, 0.4) is 0 Å². The van der Waals surface area contributed by atoms with Crippen molar-refractivity contribution in [3.63, 3.8) is 0 Å². The number of carbonyl (C=O) groups is 2. The van der Waals surface area contributed by atoms with Gasteiger partial charge in [0.2, 0.25) is 5.91 Å². The molecule has 0 saturated carbocycles. The van der Waals surface area contributed by atoms with Gasteiger partial charge in [-0.25, -0.2) is 13.9 Å². The molecule has 0 aliphatic heterocycles. The maximum absolute atomic E-state index is 11.3. The number of aryl methyl sites for hydroxylation is 1. The second kappa shape index (κ2) is 3.18. The lowest BCUT2D eigenvalue weighted by Gasteiger charge is -1.94. The van der Waals surface area contributed by atoms with Crippen LogP contribution < -0.4 is 5.69 Å². The topological polar surface area (TPSA) is 61.1 Å². The lowest BCUT2D eigenvalue weighted by Crippen LogP contribution is -2.29. The molecule has 0 radical (unpaired) electrons. The predicted octanol–water partition coefficient (Wildman–Crippen LogP) is 0.825. The average Bonchev–Trinajstić information content (AvgIpc) is 2.26. The molecule has 0 amide bonds. The second-order valence-electron chi connectivity index (χ2n) is 2.53. The van der Waals surface area contributed by atoms with E-state index in [2.05, 4.69) is 0 Å². The van der Waals surface area contributed by atoms with E-state index in [9.17, 15) is 14.4 Å². The Kier molecular flexibility index (Phi) is 2.38. The summed E-state index contributed by atoms with van der Waals surface area (Å²) in [5.41, 5.74) is -0.350. The number of nitrogens with zero attached hydrogens (tertiary/aromatic N) is 2. The quantitative estimate of drug-likeness (QED) is 0.586. The van der Waals surface area contributed by atoms with Crippen molar-refractivity contribution < 1.29 is 9.59 Å². The molecule has 6 heteroatoms. The van der Waals surface area contributed by atoms with E-state index in [1.807, 2.05) is 0 Å². The van der Waals surface area contributed by atoms with Crippen LogP contribution >= 0.6 is 11.6 Å². The Morgan fingerprint density at radius 2 is 2.00 bits per heavy atom. The molecule has 0 bridgehead atoms. The fraction of sp³-hybridized carbons (Fsp3) is 0.286. The summed E-state index contributed by atoms with van der Waals surface area (Å²) < 4.78 is 1.55. The minimum atomic E-state index is -0.923. The SMILES string of the molecule is CC(=O)n1c(C)cn(C(=O)Cl)c1=O. The van der Waals surface area contributed by atoms with Gasteiger partial charge in [0, 0.05) is 18.8 Å². The van der Waals surface area contributed by atoms with Crippen LogP contribution in [-0.2, 0) is 0 Å². The van der Waals surface area contributed by atoms with E-state index in [1.54, 1.807) is 6.92 Å². The summed E-state index contributed by atoms with van der Waals surface area (Å²) >= 11 is 5.10. The summed E-state index contributed by atoms with van der Waals surface area (Å²) in [6, 6.07) is 0. The number of hydrogen-bond donors (Lipinski definition) is 0. The minimum absolute atomic E-state index is 0.381. The van der Waals surface area contributed by atoms with Gasteiger partial charge in [-0.1, -0.05) is 0 Å². The molecular weight excluding hydrogens is 196 g/mol. The lowest BCUT2D eigenvalue weighted by atomic mass is 10.5. The van der Waals surface area contributed by atoms with Crippen molar-refractivity contribution in [2.24, 2.45) is 0 Å². The minimum Gasteiger partial charge on any atom is -0.274 e. The Bertz CT molecular complexity index is 429. The Morgan fingerprint density at radius 1 is 1.46 bits per heavy atom. The van der Waals surface area contributed by atoms with E-state index in [0.29, 0.717) is 10.3 Å². The summed E-state index contributed by atoms with van der Waals surface area (Å²) in [5, 5.41) is -0.923. The second-order valence-corrected chi connectivity index (χ2v) is 2.85. The zero-order valence-electron chi connectivity index (χ0n) is 7.07. The maximum atomic E-state index is 11.3. The fourth-order valence-electron chi connectivity index (χ4n) is 1.07. The molecule has 1 aromatic rings. The largest absolute Gasteiger partial charge is 0.343 e. The van der Waals surface area contributed by atoms with Gasteiger partial charge in [0.1, 0.15) is 0 Å². The standard InChI is InChI=1S/C7H7ClN2O3/c1-4-3-9(6(8)12)7(13)10(4)5(2)11/h3H,1-2H3. The first-order chi connectivity index (χ1) is 5.95. The van der Waals surface area contributed by atoms with Gasteiger partial charge >= 0.3 is 11.1 Å². The third-order valence-corrected chi connectivity index (χ3v) is 1.75. The number of hydrogen-bond acceptors (Lipinski definition) is 3. The first-order valence-electron chi connectivity index (χ1n) is 3.47. The third kappa shape index (κ3) is 1.55. The normalized spacial score (nSPS) is 10.1. The van der Waals surface area contributed by atoms with Crippen LogP contribution in [0.1, 0.15) is 17.4 Å². The Hall–Kier alpha value is -1.36. The number of imidazole rings is 1. The average molecular weight is 203 g/mol. The van der Waals surface area contributed by atoms with Crippen LogP contribution in [0.4, 0.5) is 4.79 Å². The van der Waals surface area contributed by atoms with Crippen molar-refractivity contribution in [2.75, 3.05) is 0 Å². The Labute approximate surface area is 78.5 Å². The summed E-state index contributed by atoms with van der Waals surface area (Å²) in [4.78, 5) is 32.8. The van der Waals surface area contributed by atoms with Gasteiger partial charge in [0.05, 0.1) is 0 Å². The highest BCUT2D eigenvalue weighted by atomic mass is 35.5. The number of rotatable bonds is 0. The molecule has 70 valence electrons. The number of aromatic nitrogens is 2. The van der Waals surface area contributed by atoms with Gasteiger partial charge in [0.15, 0.2) is 0 Å². The monoisotopic (exact) mass is 202 g/mol. The van der Waals surface area contributed by atoms with E-state index >= 15 is 0 Å². The molecule has 5 nitrogen and oxygen atoms in total. The van der Waals surface area contributed by atoms with Gasteiger partial charge in [0.25, 0.3) is 0 Å². The highest BCUT2D eigenvalue weighted by Crippen LogP contribution is 1.97. The molecule has 13 heavy (non-hydrogen) atoms. The Morgan fingerprint density at radius 3 is 2.23 bits per heavy atom. The fourth-order valence-corrected chi connectivity index (χ4v) is 1.19. The number of halogens is 1. The van der Waals surface area contributed by atoms with E-state index in [4.69, 9.17) is 11.6 Å². The van der Waals surface area contributed by atoms with E-state index in [-0.39, 0.29) is 0 Å². The summed E-state index contributed by atoms with van der Waals surface area (Å²) in [6.07, 6.45) is 1.22. The molecule has 1 heterocycles. The van der Waals surface area contributed by atoms with Crippen molar-refractivity contribution in [1.29, 1.82) is 0 Å². The number of carbonyl (C=O) groups excluding carboxylic acids is 2. The molecule has 0 aliphatic carbocycles. The molecule has 0 aromatic carbocycles. The van der Waals surface area contributed by atoms with Crippen LogP contribution in [-0.4, -0.2) is 20.4 Å². The molecule has 0 atom stereocenters. The van der Waals surface area contributed by atoms with Crippen molar-refractivity contribution >= 4 is 22.9 Å². The van der Waals surface area contributed by atoms with Crippen LogP contribution in [0, 0.1) is 6.92 Å².